The molecule has 1 aromatic carbocycles. The van der Waals surface area contributed by atoms with Gasteiger partial charge in [0.2, 0.25) is 11.8 Å². The summed E-state index contributed by atoms with van der Waals surface area (Å²) in [6.07, 6.45) is 0. The van der Waals surface area contributed by atoms with Crippen molar-refractivity contribution in [3.63, 3.8) is 0 Å². The quantitative estimate of drug-likeness (QED) is 0.693. The molecule has 0 atom stereocenters. The van der Waals surface area contributed by atoms with Gasteiger partial charge in [0.1, 0.15) is 0 Å². The van der Waals surface area contributed by atoms with E-state index in [1.165, 1.54) is 0 Å². The Morgan fingerprint density at radius 1 is 1.29 bits per heavy atom. The summed E-state index contributed by atoms with van der Waals surface area (Å²) < 4.78 is 0. The van der Waals surface area contributed by atoms with Gasteiger partial charge in [0, 0.05) is 17.8 Å². The molecule has 6 nitrogen and oxygen atoms in total. The minimum Gasteiger partial charge on any atom is -0.389 e. The van der Waals surface area contributed by atoms with E-state index < -0.39 is 11.5 Å². The number of benzene rings is 1. The standard InChI is InChI=1S/C15H23N3O3/c1-4-18(10-15(2,3)21)9-13(19)17-12-7-5-11(6-8-12)14(16)20/h5-8,21H,4,9-10H2,1-3H3,(H2,16,20)(H,17,19). The number of nitrogens with one attached hydrogen (secondary N) is 1. The van der Waals surface area contributed by atoms with Crippen molar-refractivity contribution in [1.82, 2.24) is 4.90 Å². The van der Waals surface area contributed by atoms with Gasteiger partial charge in [0.25, 0.3) is 0 Å². The lowest BCUT2D eigenvalue weighted by molar-refractivity contribution is -0.117. The predicted molar refractivity (Wildman–Crippen MR) is 82.0 cm³/mol. The van der Waals surface area contributed by atoms with Crippen LogP contribution in [0, 0.1) is 0 Å². The summed E-state index contributed by atoms with van der Waals surface area (Å²) in [5.41, 5.74) is 5.30. The molecule has 1 aromatic rings. The number of carbonyl (C=O) groups is 2. The molecule has 0 spiro atoms. The Morgan fingerprint density at radius 3 is 2.29 bits per heavy atom. The molecule has 0 saturated heterocycles. The maximum Gasteiger partial charge on any atom is 0.248 e. The average molecular weight is 293 g/mol. The number of likely N-dealkylation sites (N-methyl/N-ethyl adjacent to an activating group) is 1. The molecule has 0 aromatic heterocycles. The van der Waals surface area contributed by atoms with Gasteiger partial charge in [-0.1, -0.05) is 6.92 Å². The van der Waals surface area contributed by atoms with Crippen LogP contribution in [0.15, 0.2) is 24.3 Å². The van der Waals surface area contributed by atoms with Crippen molar-refractivity contribution in [1.29, 1.82) is 0 Å². The molecule has 6 heteroatoms. The molecule has 0 aliphatic carbocycles. The van der Waals surface area contributed by atoms with Crippen molar-refractivity contribution in [2.75, 3.05) is 25.0 Å². The number of aliphatic hydroxyl groups is 1. The number of nitrogens with two attached hydrogens (primary N) is 1. The van der Waals surface area contributed by atoms with E-state index in [0.29, 0.717) is 24.3 Å². The van der Waals surface area contributed by atoms with Crippen molar-refractivity contribution in [3.8, 4) is 0 Å². The van der Waals surface area contributed by atoms with E-state index in [4.69, 9.17) is 5.73 Å². The summed E-state index contributed by atoms with van der Waals surface area (Å²) in [4.78, 5) is 24.8. The fraction of sp³-hybridized carbons (Fsp3) is 0.467. The molecule has 116 valence electrons. The molecule has 0 heterocycles. The fourth-order valence-corrected chi connectivity index (χ4v) is 1.95. The summed E-state index contributed by atoms with van der Waals surface area (Å²) in [7, 11) is 0. The lowest BCUT2D eigenvalue weighted by Gasteiger charge is -2.27. The number of rotatable bonds is 7. The molecule has 21 heavy (non-hydrogen) atoms. The maximum absolute atomic E-state index is 12.0. The smallest absolute Gasteiger partial charge is 0.248 e. The molecule has 0 aliphatic heterocycles. The molecule has 0 radical (unpaired) electrons. The molecule has 2 amide bonds. The van der Waals surface area contributed by atoms with Crippen LogP contribution in [0.1, 0.15) is 31.1 Å². The van der Waals surface area contributed by atoms with Crippen LogP contribution in [0.3, 0.4) is 0 Å². The lowest BCUT2D eigenvalue weighted by atomic mass is 10.1. The fourth-order valence-electron chi connectivity index (χ4n) is 1.95. The number of anilines is 1. The summed E-state index contributed by atoms with van der Waals surface area (Å²) in [5.74, 6) is -0.678. The topological polar surface area (TPSA) is 95.7 Å². The van der Waals surface area contributed by atoms with E-state index >= 15 is 0 Å². The number of amides is 2. The van der Waals surface area contributed by atoms with Gasteiger partial charge in [0.15, 0.2) is 0 Å². The molecule has 1 rings (SSSR count). The summed E-state index contributed by atoms with van der Waals surface area (Å²) in [6, 6.07) is 6.38. The zero-order valence-electron chi connectivity index (χ0n) is 12.7. The van der Waals surface area contributed by atoms with Crippen LogP contribution in [0.4, 0.5) is 5.69 Å². The summed E-state index contributed by atoms with van der Waals surface area (Å²) >= 11 is 0. The third kappa shape index (κ3) is 6.37. The predicted octanol–water partition coefficient (Wildman–Crippen LogP) is 0.817. The molecule has 0 bridgehead atoms. The monoisotopic (exact) mass is 293 g/mol. The van der Waals surface area contributed by atoms with Gasteiger partial charge in [-0.15, -0.1) is 0 Å². The minimum absolute atomic E-state index is 0.173. The first kappa shape index (κ1) is 17.1. The lowest BCUT2D eigenvalue weighted by Crippen LogP contribution is -2.42. The SMILES string of the molecule is CCN(CC(=O)Nc1ccc(C(N)=O)cc1)CC(C)(C)O. The highest BCUT2D eigenvalue weighted by molar-refractivity contribution is 5.95. The second kappa shape index (κ2) is 7.19. The van der Waals surface area contributed by atoms with Crippen LogP contribution in [0.25, 0.3) is 0 Å². The molecule has 0 fully saturated rings. The first-order valence-corrected chi connectivity index (χ1v) is 6.85. The summed E-state index contributed by atoms with van der Waals surface area (Å²) in [5, 5.41) is 12.5. The normalized spacial score (nSPS) is 11.5. The average Bonchev–Trinajstić information content (AvgIpc) is 2.36. The Morgan fingerprint density at radius 2 is 1.86 bits per heavy atom. The van der Waals surface area contributed by atoms with E-state index in [2.05, 4.69) is 5.32 Å². The molecule has 4 N–H and O–H groups in total. The third-order valence-corrected chi connectivity index (χ3v) is 2.88. The Balaban J connectivity index is 2.58. The van der Waals surface area contributed by atoms with Crippen molar-refractivity contribution in [2.24, 2.45) is 5.73 Å². The highest BCUT2D eigenvalue weighted by Gasteiger charge is 2.19. The Kier molecular flexibility index (Phi) is 5.87. The summed E-state index contributed by atoms with van der Waals surface area (Å²) in [6.45, 7) is 6.61. The van der Waals surface area contributed by atoms with Crippen LogP contribution in [0.2, 0.25) is 0 Å². The second-order valence-electron chi connectivity index (χ2n) is 5.61. The van der Waals surface area contributed by atoms with Crippen LogP contribution in [0.5, 0.6) is 0 Å². The van der Waals surface area contributed by atoms with Gasteiger partial charge < -0.3 is 16.2 Å². The minimum atomic E-state index is -0.848. The van der Waals surface area contributed by atoms with Gasteiger partial charge in [0.05, 0.1) is 12.1 Å². The van der Waals surface area contributed by atoms with E-state index in [1.54, 1.807) is 38.1 Å². The van der Waals surface area contributed by atoms with E-state index in [9.17, 15) is 14.7 Å². The van der Waals surface area contributed by atoms with E-state index in [1.807, 2.05) is 11.8 Å². The van der Waals surface area contributed by atoms with E-state index in [0.717, 1.165) is 0 Å². The number of primary amides is 1. The van der Waals surface area contributed by atoms with Gasteiger partial charge in [-0.2, -0.15) is 0 Å². The zero-order valence-corrected chi connectivity index (χ0v) is 12.7. The van der Waals surface area contributed by atoms with Crippen LogP contribution >= 0.6 is 0 Å². The second-order valence-corrected chi connectivity index (χ2v) is 5.61. The third-order valence-electron chi connectivity index (χ3n) is 2.88. The highest BCUT2D eigenvalue weighted by atomic mass is 16.3. The Hall–Kier alpha value is -1.92. The van der Waals surface area contributed by atoms with Crippen LogP contribution < -0.4 is 11.1 Å². The number of hydrogen-bond donors (Lipinski definition) is 3. The molecule has 0 aliphatic rings. The molecular weight excluding hydrogens is 270 g/mol. The number of hydrogen-bond acceptors (Lipinski definition) is 4. The molecular formula is C15H23N3O3. The van der Waals surface area contributed by atoms with Crippen molar-refractivity contribution >= 4 is 17.5 Å². The Labute approximate surface area is 124 Å². The van der Waals surface area contributed by atoms with Gasteiger partial charge >= 0.3 is 0 Å². The maximum atomic E-state index is 12.0. The van der Waals surface area contributed by atoms with Gasteiger partial charge in [-0.05, 0) is 44.7 Å². The van der Waals surface area contributed by atoms with E-state index in [-0.39, 0.29) is 12.5 Å². The van der Waals surface area contributed by atoms with Crippen molar-refractivity contribution in [2.45, 2.75) is 26.4 Å². The zero-order chi connectivity index (χ0) is 16.0. The number of carbonyl (C=O) groups excluding carboxylic acids is 2. The largest absolute Gasteiger partial charge is 0.389 e. The molecule has 0 unspecified atom stereocenters. The van der Waals surface area contributed by atoms with Crippen molar-refractivity contribution in [3.05, 3.63) is 29.8 Å². The first-order valence-electron chi connectivity index (χ1n) is 6.85. The number of nitrogens with zero attached hydrogens (tertiary/aromatic N) is 1. The van der Waals surface area contributed by atoms with Crippen LogP contribution in [-0.4, -0.2) is 47.1 Å². The highest BCUT2D eigenvalue weighted by Crippen LogP contribution is 2.10. The van der Waals surface area contributed by atoms with Gasteiger partial charge in [-0.3, -0.25) is 14.5 Å². The first-order chi connectivity index (χ1) is 9.71. The Bertz CT molecular complexity index is 492. The van der Waals surface area contributed by atoms with Gasteiger partial charge in [-0.25, -0.2) is 0 Å². The molecule has 0 saturated carbocycles. The van der Waals surface area contributed by atoms with Crippen LogP contribution in [-0.2, 0) is 4.79 Å². The van der Waals surface area contributed by atoms with Crippen molar-refractivity contribution < 1.29 is 14.7 Å².